The summed E-state index contributed by atoms with van der Waals surface area (Å²) < 4.78 is 11.3. The number of hydrazone groups is 1. The first kappa shape index (κ1) is 22.1. The zero-order valence-corrected chi connectivity index (χ0v) is 17.7. The Morgan fingerprint density at radius 3 is 2.59 bits per heavy atom. The van der Waals surface area contributed by atoms with Gasteiger partial charge in [-0.2, -0.15) is 9.78 Å². The van der Waals surface area contributed by atoms with Crippen molar-refractivity contribution in [2.24, 2.45) is 5.10 Å². The second kappa shape index (κ2) is 9.56. The van der Waals surface area contributed by atoms with Crippen molar-refractivity contribution in [1.82, 2.24) is 30.7 Å². The number of aromatic nitrogens is 5. The van der Waals surface area contributed by atoms with Gasteiger partial charge in [-0.3, -0.25) is 14.9 Å². The van der Waals surface area contributed by atoms with E-state index in [1.165, 1.54) is 35.2 Å². The van der Waals surface area contributed by atoms with Crippen LogP contribution in [-0.2, 0) is 0 Å². The van der Waals surface area contributed by atoms with Crippen LogP contribution in [0.15, 0.2) is 58.3 Å². The first-order chi connectivity index (χ1) is 16.5. The number of ether oxygens (including phenoxy) is 1. The number of rotatable bonds is 8. The van der Waals surface area contributed by atoms with Gasteiger partial charge in [-0.25, -0.2) is 10.1 Å². The van der Waals surface area contributed by atoms with Crippen LogP contribution in [-0.4, -0.2) is 49.0 Å². The normalized spacial score (nSPS) is 11.0. The standard InChI is InChI=1S/C20H17N9O5/c1-2-33-15-9-5-13(6-10-15)17-16(23-27-28(17)19-18(21)25-34-26-19)20(30)24-22-11-12-3-7-14(8-4-12)29(31)32/h3-11H,2H2,1H3,(H2,21,25)(H,24,30)/b22-11+. The van der Waals surface area contributed by atoms with Crippen LogP contribution in [0.4, 0.5) is 11.5 Å². The highest BCUT2D eigenvalue weighted by Crippen LogP contribution is 2.28. The predicted molar refractivity (Wildman–Crippen MR) is 118 cm³/mol. The molecule has 0 aliphatic rings. The number of nitrogens with two attached hydrogens (primary N) is 1. The van der Waals surface area contributed by atoms with Crippen molar-refractivity contribution in [2.75, 3.05) is 12.3 Å². The lowest BCUT2D eigenvalue weighted by molar-refractivity contribution is -0.384. The summed E-state index contributed by atoms with van der Waals surface area (Å²) in [4.78, 5) is 23.1. The lowest BCUT2D eigenvalue weighted by Gasteiger charge is -2.07. The van der Waals surface area contributed by atoms with E-state index in [2.05, 4.69) is 35.8 Å². The van der Waals surface area contributed by atoms with Gasteiger partial charge in [0.2, 0.25) is 11.6 Å². The highest BCUT2D eigenvalue weighted by Gasteiger charge is 2.25. The molecule has 172 valence electrons. The lowest BCUT2D eigenvalue weighted by atomic mass is 10.1. The van der Waals surface area contributed by atoms with E-state index >= 15 is 0 Å². The van der Waals surface area contributed by atoms with Crippen LogP contribution in [0.1, 0.15) is 23.0 Å². The Hall–Kier alpha value is -5.14. The van der Waals surface area contributed by atoms with Gasteiger partial charge in [0.15, 0.2) is 5.69 Å². The molecule has 4 aromatic rings. The van der Waals surface area contributed by atoms with Crippen molar-refractivity contribution >= 4 is 23.6 Å². The molecule has 0 bridgehead atoms. The van der Waals surface area contributed by atoms with E-state index in [1.807, 2.05) is 6.92 Å². The Kier molecular flexibility index (Phi) is 6.20. The SMILES string of the molecule is CCOc1ccc(-c2c(C(=O)N/N=C/c3ccc([N+](=O)[O-])cc3)nnn2-c2nonc2N)cc1. The van der Waals surface area contributed by atoms with Gasteiger partial charge in [-0.1, -0.05) is 5.21 Å². The van der Waals surface area contributed by atoms with Gasteiger partial charge < -0.3 is 10.5 Å². The van der Waals surface area contributed by atoms with Crippen LogP contribution in [0.3, 0.4) is 0 Å². The van der Waals surface area contributed by atoms with Crippen LogP contribution >= 0.6 is 0 Å². The molecule has 0 saturated carbocycles. The molecule has 14 heteroatoms. The van der Waals surface area contributed by atoms with Gasteiger partial charge in [0.25, 0.3) is 11.6 Å². The van der Waals surface area contributed by atoms with E-state index in [0.717, 1.165) is 0 Å². The van der Waals surface area contributed by atoms with E-state index in [-0.39, 0.29) is 28.7 Å². The van der Waals surface area contributed by atoms with E-state index in [4.69, 9.17) is 10.5 Å². The van der Waals surface area contributed by atoms with Crippen molar-refractivity contribution in [1.29, 1.82) is 0 Å². The lowest BCUT2D eigenvalue weighted by Crippen LogP contribution is -2.19. The molecule has 0 spiro atoms. The number of nitro benzene ring substituents is 1. The summed E-state index contributed by atoms with van der Waals surface area (Å²) in [5, 5.41) is 29.9. The molecule has 2 heterocycles. The highest BCUT2D eigenvalue weighted by molar-refractivity contribution is 5.98. The summed E-state index contributed by atoms with van der Waals surface area (Å²) in [5.41, 5.74) is 9.43. The summed E-state index contributed by atoms with van der Waals surface area (Å²) in [7, 11) is 0. The molecule has 0 radical (unpaired) electrons. The molecule has 2 aromatic carbocycles. The zero-order valence-electron chi connectivity index (χ0n) is 17.7. The number of nitrogens with one attached hydrogen (secondary N) is 1. The molecule has 1 amide bonds. The van der Waals surface area contributed by atoms with Gasteiger partial charge in [-0.15, -0.1) is 5.10 Å². The molecule has 2 aromatic heterocycles. The third-order valence-corrected chi connectivity index (χ3v) is 4.50. The number of nitro groups is 1. The number of amides is 1. The zero-order chi connectivity index (χ0) is 24.1. The average Bonchev–Trinajstić information content (AvgIpc) is 3.46. The summed E-state index contributed by atoms with van der Waals surface area (Å²) in [5.74, 6) is -0.0000326. The maximum absolute atomic E-state index is 12.9. The molecule has 0 unspecified atom stereocenters. The van der Waals surface area contributed by atoms with Gasteiger partial charge in [0, 0.05) is 17.7 Å². The fraction of sp³-hybridized carbons (Fsp3) is 0.100. The minimum Gasteiger partial charge on any atom is -0.494 e. The number of hydrogen-bond donors (Lipinski definition) is 2. The molecule has 4 rings (SSSR count). The van der Waals surface area contributed by atoms with Crippen molar-refractivity contribution < 1.29 is 19.1 Å². The van der Waals surface area contributed by atoms with Gasteiger partial charge in [0.1, 0.15) is 11.4 Å². The number of carbonyl (C=O) groups excluding carboxylic acids is 1. The van der Waals surface area contributed by atoms with Gasteiger partial charge in [-0.05, 0) is 59.2 Å². The molecule has 0 saturated heterocycles. The first-order valence-electron chi connectivity index (χ1n) is 9.83. The Morgan fingerprint density at radius 1 is 1.24 bits per heavy atom. The van der Waals surface area contributed by atoms with Crippen LogP contribution in [0, 0.1) is 10.1 Å². The van der Waals surface area contributed by atoms with Crippen molar-refractivity contribution in [3.05, 3.63) is 69.9 Å². The minimum atomic E-state index is -0.664. The minimum absolute atomic E-state index is 0.0414. The molecular weight excluding hydrogens is 446 g/mol. The molecule has 0 fully saturated rings. The monoisotopic (exact) mass is 463 g/mol. The topological polar surface area (TPSA) is 189 Å². The molecule has 0 atom stereocenters. The number of nitrogen functional groups attached to an aromatic ring is 1. The summed E-state index contributed by atoms with van der Waals surface area (Å²) in [6.07, 6.45) is 1.34. The second-order valence-corrected chi connectivity index (χ2v) is 6.68. The van der Waals surface area contributed by atoms with Crippen molar-refractivity contribution in [3.8, 4) is 22.8 Å². The van der Waals surface area contributed by atoms with E-state index in [0.29, 0.717) is 23.5 Å². The maximum atomic E-state index is 12.9. The molecule has 0 aliphatic heterocycles. The van der Waals surface area contributed by atoms with E-state index < -0.39 is 10.8 Å². The van der Waals surface area contributed by atoms with E-state index in [9.17, 15) is 14.9 Å². The van der Waals surface area contributed by atoms with Crippen LogP contribution in [0.25, 0.3) is 17.1 Å². The number of carbonyl (C=O) groups is 1. The van der Waals surface area contributed by atoms with Crippen LogP contribution in [0.5, 0.6) is 5.75 Å². The second-order valence-electron chi connectivity index (χ2n) is 6.68. The van der Waals surface area contributed by atoms with Crippen LogP contribution < -0.4 is 15.9 Å². The third kappa shape index (κ3) is 4.55. The van der Waals surface area contributed by atoms with E-state index in [1.54, 1.807) is 24.3 Å². The first-order valence-corrected chi connectivity index (χ1v) is 9.83. The number of benzene rings is 2. The fourth-order valence-electron chi connectivity index (χ4n) is 2.96. The highest BCUT2D eigenvalue weighted by atomic mass is 16.6. The molecule has 34 heavy (non-hydrogen) atoms. The number of nitrogens with zero attached hydrogens (tertiary/aromatic N) is 7. The third-order valence-electron chi connectivity index (χ3n) is 4.50. The Bertz CT molecular complexity index is 1340. The average molecular weight is 463 g/mol. The predicted octanol–water partition coefficient (Wildman–Crippen LogP) is 1.97. The molecule has 14 nitrogen and oxygen atoms in total. The van der Waals surface area contributed by atoms with Crippen molar-refractivity contribution in [3.63, 3.8) is 0 Å². The molecule has 0 aliphatic carbocycles. The smallest absolute Gasteiger partial charge is 0.294 e. The Balaban J connectivity index is 1.63. The number of hydrogen-bond acceptors (Lipinski definition) is 11. The van der Waals surface area contributed by atoms with Gasteiger partial charge in [0.05, 0.1) is 17.7 Å². The largest absolute Gasteiger partial charge is 0.494 e. The molecule has 3 N–H and O–H groups in total. The number of anilines is 1. The quantitative estimate of drug-likeness (QED) is 0.222. The summed E-state index contributed by atoms with van der Waals surface area (Å²) >= 11 is 0. The Morgan fingerprint density at radius 2 is 1.97 bits per heavy atom. The van der Waals surface area contributed by atoms with Crippen LogP contribution in [0.2, 0.25) is 0 Å². The van der Waals surface area contributed by atoms with Crippen molar-refractivity contribution in [2.45, 2.75) is 6.92 Å². The summed E-state index contributed by atoms with van der Waals surface area (Å²) in [6.45, 7) is 2.37. The number of non-ortho nitro benzene ring substituents is 1. The van der Waals surface area contributed by atoms with Gasteiger partial charge >= 0.3 is 0 Å². The Labute approximate surface area is 191 Å². The summed E-state index contributed by atoms with van der Waals surface area (Å²) in [6, 6.07) is 12.6. The maximum Gasteiger partial charge on any atom is 0.294 e. The fourth-order valence-corrected chi connectivity index (χ4v) is 2.96. The molecular formula is C20H17N9O5.